The summed E-state index contributed by atoms with van der Waals surface area (Å²) in [6.45, 7) is 3.93. The van der Waals surface area contributed by atoms with E-state index in [1.807, 2.05) is 31.2 Å². The maximum atomic E-state index is 12.3. The number of hydrogen-bond acceptors (Lipinski definition) is 5. The average Bonchev–Trinajstić information content (AvgIpc) is 3.05. The van der Waals surface area contributed by atoms with Crippen molar-refractivity contribution in [2.75, 3.05) is 10.0 Å². The molecule has 7 heteroatoms. The number of hydrogen-bond donors (Lipinski definition) is 2. The number of nitrogens with zero attached hydrogens (tertiary/aromatic N) is 1. The lowest BCUT2D eigenvalue weighted by atomic mass is 10.1. The normalized spacial score (nSPS) is 12.6. The first-order valence-electron chi connectivity index (χ1n) is 7.81. The summed E-state index contributed by atoms with van der Waals surface area (Å²) >= 11 is 1.23. The molecule has 25 heavy (non-hydrogen) atoms. The summed E-state index contributed by atoms with van der Waals surface area (Å²) in [4.78, 5) is 5.14. The largest absolute Gasteiger partial charge is 0.377 e. The minimum Gasteiger partial charge on any atom is -0.377 e. The topological polar surface area (TPSA) is 71.1 Å². The quantitative estimate of drug-likeness (QED) is 0.671. The first-order valence-corrected chi connectivity index (χ1v) is 10.1. The zero-order chi connectivity index (χ0) is 17.9. The van der Waals surface area contributed by atoms with E-state index in [2.05, 4.69) is 34.1 Å². The van der Waals surface area contributed by atoms with Crippen LogP contribution in [0, 0.1) is 6.92 Å². The zero-order valence-corrected chi connectivity index (χ0v) is 15.6. The van der Waals surface area contributed by atoms with Gasteiger partial charge in [0.2, 0.25) is 0 Å². The van der Waals surface area contributed by atoms with Crippen LogP contribution in [0.1, 0.15) is 23.4 Å². The molecule has 0 bridgehead atoms. The van der Waals surface area contributed by atoms with Gasteiger partial charge in [0.1, 0.15) is 10.0 Å². The molecule has 2 aromatic heterocycles. The molecule has 130 valence electrons. The number of anilines is 2. The molecule has 0 spiro atoms. The van der Waals surface area contributed by atoms with Gasteiger partial charge in [-0.3, -0.25) is 4.72 Å². The smallest absolute Gasteiger partial charge is 0.272 e. The number of thiophene rings is 1. The van der Waals surface area contributed by atoms with E-state index in [4.69, 9.17) is 0 Å². The number of sulfonamides is 1. The molecule has 0 aliphatic rings. The Hall–Kier alpha value is -2.38. The molecule has 0 fully saturated rings. The van der Waals surface area contributed by atoms with Crippen molar-refractivity contribution in [2.45, 2.75) is 24.1 Å². The second kappa shape index (κ2) is 7.25. The monoisotopic (exact) mass is 373 g/mol. The molecule has 1 atom stereocenters. The molecule has 3 aromatic rings. The Balaban J connectivity index is 1.68. The summed E-state index contributed by atoms with van der Waals surface area (Å²) in [6.07, 6.45) is 1.62. The van der Waals surface area contributed by atoms with E-state index in [0.717, 1.165) is 10.6 Å². The standard InChI is InChI=1S/C18H19N3O2S2/c1-13-8-11-18(24-13)25(22,23)21-17-10-9-16(12-19-17)20-14(2)15-6-4-3-5-7-15/h3-12,14,20H,1-2H3,(H,19,21). The van der Waals surface area contributed by atoms with Crippen molar-refractivity contribution in [3.05, 3.63) is 71.2 Å². The second-order valence-electron chi connectivity index (χ2n) is 5.68. The van der Waals surface area contributed by atoms with Gasteiger partial charge in [0.25, 0.3) is 10.0 Å². The molecule has 1 aromatic carbocycles. The van der Waals surface area contributed by atoms with Crippen molar-refractivity contribution in [1.29, 1.82) is 0 Å². The number of benzene rings is 1. The Morgan fingerprint density at radius 3 is 2.40 bits per heavy atom. The van der Waals surface area contributed by atoms with Gasteiger partial charge in [0.15, 0.2) is 0 Å². The van der Waals surface area contributed by atoms with Gasteiger partial charge in [-0.05, 0) is 43.7 Å². The van der Waals surface area contributed by atoms with Crippen molar-refractivity contribution in [2.24, 2.45) is 0 Å². The zero-order valence-electron chi connectivity index (χ0n) is 13.9. The Bertz CT molecular complexity index is 936. The maximum Gasteiger partial charge on any atom is 0.272 e. The third-order valence-electron chi connectivity index (χ3n) is 3.67. The highest BCUT2D eigenvalue weighted by Gasteiger charge is 2.16. The Kier molecular flexibility index (Phi) is 5.06. The molecule has 2 heterocycles. The SMILES string of the molecule is Cc1ccc(S(=O)(=O)Nc2ccc(NC(C)c3ccccc3)cn2)s1. The van der Waals surface area contributed by atoms with Crippen LogP contribution in [0.25, 0.3) is 0 Å². The molecule has 0 saturated heterocycles. The molecule has 3 rings (SSSR count). The van der Waals surface area contributed by atoms with Crippen LogP contribution in [0.15, 0.2) is 65.0 Å². The molecule has 1 unspecified atom stereocenters. The summed E-state index contributed by atoms with van der Waals surface area (Å²) in [5.41, 5.74) is 1.99. The predicted molar refractivity (Wildman–Crippen MR) is 103 cm³/mol. The minimum absolute atomic E-state index is 0.125. The maximum absolute atomic E-state index is 12.3. The van der Waals surface area contributed by atoms with Crippen LogP contribution in [0.4, 0.5) is 11.5 Å². The third-order valence-corrected chi connectivity index (χ3v) is 6.51. The summed E-state index contributed by atoms with van der Waals surface area (Å²) < 4.78 is 27.4. The molecule has 0 amide bonds. The van der Waals surface area contributed by atoms with Gasteiger partial charge >= 0.3 is 0 Å². The first kappa shape index (κ1) is 17.4. The van der Waals surface area contributed by atoms with Crippen LogP contribution in [-0.2, 0) is 10.0 Å². The van der Waals surface area contributed by atoms with Crippen LogP contribution in [0.3, 0.4) is 0 Å². The summed E-state index contributed by atoms with van der Waals surface area (Å²) in [7, 11) is -3.59. The van der Waals surface area contributed by atoms with Crippen LogP contribution in [0.2, 0.25) is 0 Å². The van der Waals surface area contributed by atoms with Gasteiger partial charge < -0.3 is 5.32 Å². The fourth-order valence-corrected chi connectivity index (χ4v) is 4.65. The lowest BCUT2D eigenvalue weighted by Crippen LogP contribution is -2.13. The van der Waals surface area contributed by atoms with Crippen molar-refractivity contribution in [3.63, 3.8) is 0 Å². The van der Waals surface area contributed by atoms with E-state index in [1.54, 1.807) is 24.4 Å². The van der Waals surface area contributed by atoms with Crippen molar-refractivity contribution < 1.29 is 8.42 Å². The van der Waals surface area contributed by atoms with Crippen molar-refractivity contribution in [3.8, 4) is 0 Å². The van der Waals surface area contributed by atoms with Gasteiger partial charge in [0, 0.05) is 10.9 Å². The fraction of sp³-hybridized carbons (Fsp3) is 0.167. The Morgan fingerprint density at radius 2 is 1.80 bits per heavy atom. The van der Waals surface area contributed by atoms with E-state index in [1.165, 1.54) is 16.9 Å². The van der Waals surface area contributed by atoms with E-state index in [9.17, 15) is 8.42 Å². The van der Waals surface area contributed by atoms with Crippen LogP contribution in [0.5, 0.6) is 0 Å². The number of pyridine rings is 1. The van der Waals surface area contributed by atoms with Crippen LogP contribution < -0.4 is 10.0 Å². The predicted octanol–water partition coefficient (Wildman–Crippen LogP) is 4.43. The number of aromatic nitrogens is 1. The highest BCUT2D eigenvalue weighted by molar-refractivity contribution is 7.94. The Morgan fingerprint density at radius 1 is 1.04 bits per heavy atom. The summed E-state index contributed by atoms with van der Waals surface area (Å²) in [6, 6.07) is 17.0. The van der Waals surface area contributed by atoms with Gasteiger partial charge in [-0.1, -0.05) is 30.3 Å². The molecule has 0 aliphatic carbocycles. The molecule has 0 radical (unpaired) electrons. The summed E-state index contributed by atoms with van der Waals surface area (Å²) in [5, 5.41) is 3.35. The van der Waals surface area contributed by atoms with Crippen molar-refractivity contribution in [1.82, 2.24) is 4.98 Å². The Labute approximate surface area is 151 Å². The van der Waals surface area contributed by atoms with Crippen LogP contribution >= 0.6 is 11.3 Å². The van der Waals surface area contributed by atoms with E-state index < -0.39 is 10.0 Å². The van der Waals surface area contributed by atoms with Gasteiger partial charge in [-0.25, -0.2) is 13.4 Å². The summed E-state index contributed by atoms with van der Waals surface area (Å²) in [5.74, 6) is 0.295. The van der Waals surface area contributed by atoms with Crippen molar-refractivity contribution >= 4 is 32.9 Å². The number of nitrogens with one attached hydrogen (secondary N) is 2. The van der Waals surface area contributed by atoms with Crippen LogP contribution in [-0.4, -0.2) is 13.4 Å². The molecule has 0 aliphatic heterocycles. The van der Waals surface area contributed by atoms with E-state index >= 15 is 0 Å². The van der Waals surface area contributed by atoms with Gasteiger partial charge in [0.05, 0.1) is 11.9 Å². The van der Waals surface area contributed by atoms with E-state index in [0.29, 0.717) is 5.82 Å². The third kappa shape index (κ3) is 4.37. The average molecular weight is 374 g/mol. The molecule has 5 nitrogen and oxygen atoms in total. The van der Waals surface area contributed by atoms with E-state index in [-0.39, 0.29) is 10.3 Å². The highest BCUT2D eigenvalue weighted by Crippen LogP contribution is 2.24. The minimum atomic E-state index is -3.59. The van der Waals surface area contributed by atoms with Gasteiger partial charge in [-0.2, -0.15) is 0 Å². The number of aryl methyl sites for hydroxylation is 1. The molecule has 2 N–H and O–H groups in total. The first-order chi connectivity index (χ1) is 11.9. The second-order valence-corrected chi connectivity index (χ2v) is 8.88. The number of rotatable bonds is 6. The molecular weight excluding hydrogens is 354 g/mol. The fourth-order valence-electron chi connectivity index (χ4n) is 2.36. The molecular formula is C18H19N3O2S2. The molecule has 0 saturated carbocycles. The lowest BCUT2D eigenvalue weighted by molar-refractivity contribution is 0.603. The lowest BCUT2D eigenvalue weighted by Gasteiger charge is -2.15. The van der Waals surface area contributed by atoms with Gasteiger partial charge in [-0.15, -0.1) is 11.3 Å². The highest BCUT2D eigenvalue weighted by atomic mass is 32.2.